The first-order chi connectivity index (χ1) is 13.9. The van der Waals surface area contributed by atoms with Gasteiger partial charge in [0.2, 0.25) is 5.91 Å². The summed E-state index contributed by atoms with van der Waals surface area (Å²) < 4.78 is 20.0. The van der Waals surface area contributed by atoms with Gasteiger partial charge in [-0.15, -0.1) is 0 Å². The van der Waals surface area contributed by atoms with Crippen molar-refractivity contribution in [1.29, 1.82) is 0 Å². The predicted octanol–water partition coefficient (Wildman–Crippen LogP) is 2.02. The second-order valence-electron chi connectivity index (χ2n) is 7.19. The fourth-order valence-corrected chi connectivity index (χ4v) is 3.39. The summed E-state index contributed by atoms with van der Waals surface area (Å²) in [6.45, 7) is 10.1. The summed E-state index contributed by atoms with van der Waals surface area (Å²) in [7, 11) is 0. The van der Waals surface area contributed by atoms with Crippen molar-refractivity contribution >= 4 is 23.4 Å². The highest BCUT2D eigenvalue weighted by Crippen LogP contribution is 2.30. The highest BCUT2D eigenvalue weighted by Gasteiger charge is 2.33. The minimum absolute atomic E-state index is 0.150. The standard InChI is InChI=1S/C20H24FN5O3/c1-13(22)19(27)24-11-16-12-26(20(28)29-16)15-3-4-18(17(21)9-15)25-7-5-14(6-8-25)10-23-2/h3-4,9-10,13,16H,5-8,11-12,22H2,1H3,(H,24,27)/t13-,16-/m0/s1. The summed E-state index contributed by atoms with van der Waals surface area (Å²) in [6, 6.07) is 4.02. The summed E-state index contributed by atoms with van der Waals surface area (Å²) in [4.78, 5) is 30.3. The molecule has 1 aromatic rings. The van der Waals surface area contributed by atoms with E-state index in [0.29, 0.717) is 24.5 Å². The average molecular weight is 401 g/mol. The molecule has 29 heavy (non-hydrogen) atoms. The van der Waals surface area contributed by atoms with Crippen molar-refractivity contribution in [2.75, 3.05) is 36.0 Å². The van der Waals surface area contributed by atoms with Crippen LogP contribution in [0.25, 0.3) is 4.85 Å². The lowest BCUT2D eigenvalue weighted by Crippen LogP contribution is -2.42. The molecule has 9 heteroatoms. The van der Waals surface area contributed by atoms with E-state index >= 15 is 0 Å². The lowest BCUT2D eigenvalue weighted by Gasteiger charge is -2.31. The maximum absolute atomic E-state index is 14.7. The number of hydrogen-bond acceptors (Lipinski definition) is 5. The molecule has 0 bridgehead atoms. The van der Waals surface area contributed by atoms with Gasteiger partial charge in [-0.05, 0) is 38.0 Å². The molecular formula is C20H24FN5O3. The summed E-state index contributed by atoms with van der Waals surface area (Å²) >= 11 is 0. The number of cyclic esters (lactones) is 1. The van der Waals surface area contributed by atoms with Crippen LogP contribution in [0.1, 0.15) is 19.8 Å². The third-order valence-electron chi connectivity index (χ3n) is 5.03. The van der Waals surface area contributed by atoms with Crippen LogP contribution < -0.4 is 20.9 Å². The van der Waals surface area contributed by atoms with Gasteiger partial charge in [0, 0.05) is 13.1 Å². The van der Waals surface area contributed by atoms with Gasteiger partial charge in [0.1, 0.15) is 11.9 Å². The Balaban J connectivity index is 1.63. The molecule has 3 N–H and O–H groups in total. The molecule has 0 aliphatic carbocycles. The Kier molecular flexibility index (Phi) is 6.34. The molecule has 154 valence electrons. The number of nitrogens with two attached hydrogens (primary N) is 1. The van der Waals surface area contributed by atoms with Crippen LogP contribution in [-0.2, 0) is 9.53 Å². The van der Waals surface area contributed by atoms with Crippen molar-refractivity contribution in [3.63, 3.8) is 0 Å². The molecule has 8 nitrogen and oxygen atoms in total. The zero-order chi connectivity index (χ0) is 21.0. The van der Waals surface area contributed by atoms with Crippen LogP contribution in [0.15, 0.2) is 30.0 Å². The minimum Gasteiger partial charge on any atom is -0.442 e. The average Bonchev–Trinajstić information content (AvgIpc) is 3.07. The number of amides is 2. The zero-order valence-corrected chi connectivity index (χ0v) is 16.2. The summed E-state index contributed by atoms with van der Waals surface area (Å²) in [5, 5.41) is 2.62. The van der Waals surface area contributed by atoms with Gasteiger partial charge in [0.05, 0.1) is 37.1 Å². The van der Waals surface area contributed by atoms with Gasteiger partial charge in [-0.2, -0.15) is 0 Å². The van der Waals surface area contributed by atoms with Gasteiger partial charge in [0.25, 0.3) is 0 Å². The van der Waals surface area contributed by atoms with Crippen LogP contribution in [0, 0.1) is 12.4 Å². The van der Waals surface area contributed by atoms with Gasteiger partial charge >= 0.3 is 6.09 Å². The van der Waals surface area contributed by atoms with Gasteiger partial charge in [-0.25, -0.2) is 14.0 Å². The molecule has 0 spiro atoms. The van der Waals surface area contributed by atoms with E-state index in [1.54, 1.807) is 25.3 Å². The molecule has 2 fully saturated rings. The van der Waals surface area contributed by atoms with Gasteiger partial charge in [0.15, 0.2) is 6.20 Å². The van der Waals surface area contributed by atoms with E-state index in [1.165, 1.54) is 11.0 Å². The Labute approximate surface area is 168 Å². The Bertz CT molecular complexity index is 854. The summed E-state index contributed by atoms with van der Waals surface area (Å²) in [5.41, 5.74) is 7.45. The maximum atomic E-state index is 14.7. The Morgan fingerprint density at radius 3 is 2.83 bits per heavy atom. The topological polar surface area (TPSA) is 92.3 Å². The van der Waals surface area contributed by atoms with Crippen molar-refractivity contribution in [2.24, 2.45) is 5.73 Å². The van der Waals surface area contributed by atoms with E-state index in [-0.39, 0.29) is 19.0 Å². The molecule has 2 atom stereocenters. The van der Waals surface area contributed by atoms with E-state index in [4.69, 9.17) is 17.0 Å². The molecule has 3 rings (SSSR count). The Hall–Kier alpha value is -3.12. The number of carbonyl (C=O) groups is 2. The van der Waals surface area contributed by atoms with Crippen molar-refractivity contribution in [2.45, 2.75) is 31.9 Å². The minimum atomic E-state index is -0.646. The smallest absolute Gasteiger partial charge is 0.414 e. The third kappa shape index (κ3) is 4.84. The molecule has 1 aromatic carbocycles. The van der Waals surface area contributed by atoms with Crippen molar-refractivity contribution < 1.29 is 18.7 Å². The first kappa shape index (κ1) is 20.6. The second-order valence-corrected chi connectivity index (χ2v) is 7.19. The molecule has 0 aromatic heterocycles. The number of benzene rings is 1. The number of nitrogens with zero attached hydrogens (tertiary/aromatic N) is 3. The quantitative estimate of drug-likeness (QED) is 0.737. The van der Waals surface area contributed by atoms with E-state index in [1.807, 2.05) is 4.90 Å². The van der Waals surface area contributed by atoms with E-state index in [0.717, 1.165) is 18.4 Å². The number of ether oxygens (including phenoxy) is 1. The molecule has 2 aliphatic heterocycles. The third-order valence-corrected chi connectivity index (χ3v) is 5.03. The number of rotatable bonds is 5. The lowest BCUT2D eigenvalue weighted by molar-refractivity contribution is -0.122. The number of anilines is 2. The van der Waals surface area contributed by atoms with Crippen LogP contribution in [0.4, 0.5) is 20.6 Å². The molecule has 2 amide bonds. The van der Waals surface area contributed by atoms with Crippen molar-refractivity contribution in [1.82, 2.24) is 5.32 Å². The molecule has 0 radical (unpaired) electrons. The highest BCUT2D eigenvalue weighted by atomic mass is 19.1. The lowest BCUT2D eigenvalue weighted by atomic mass is 10.0. The number of nitrogens with one attached hydrogen (secondary N) is 1. The number of halogens is 1. The van der Waals surface area contributed by atoms with Gasteiger partial charge in [-0.3, -0.25) is 9.69 Å². The van der Waals surface area contributed by atoms with Crippen LogP contribution in [0.5, 0.6) is 0 Å². The molecule has 0 unspecified atom stereocenters. The van der Waals surface area contributed by atoms with E-state index < -0.39 is 24.1 Å². The Morgan fingerprint density at radius 2 is 2.21 bits per heavy atom. The molecule has 2 saturated heterocycles. The first-order valence-corrected chi connectivity index (χ1v) is 9.49. The second kappa shape index (κ2) is 8.92. The summed E-state index contributed by atoms with van der Waals surface area (Å²) in [5.74, 6) is -0.743. The van der Waals surface area contributed by atoms with Gasteiger partial charge < -0.3 is 20.7 Å². The highest BCUT2D eigenvalue weighted by molar-refractivity contribution is 5.90. The van der Waals surface area contributed by atoms with Crippen LogP contribution in [0.3, 0.4) is 0 Å². The molecule has 2 aliphatic rings. The predicted molar refractivity (Wildman–Crippen MR) is 107 cm³/mol. The van der Waals surface area contributed by atoms with Gasteiger partial charge in [-0.1, -0.05) is 5.57 Å². The fourth-order valence-electron chi connectivity index (χ4n) is 3.39. The fraction of sp³-hybridized carbons (Fsp3) is 0.450. The van der Waals surface area contributed by atoms with Crippen LogP contribution in [-0.4, -0.2) is 50.3 Å². The number of hydrogen-bond donors (Lipinski definition) is 2. The molecule has 0 saturated carbocycles. The van der Waals surface area contributed by atoms with Crippen LogP contribution >= 0.6 is 0 Å². The van der Waals surface area contributed by atoms with Crippen molar-refractivity contribution in [3.8, 4) is 0 Å². The number of carbonyl (C=O) groups excluding carboxylic acids is 2. The molecule has 2 heterocycles. The monoisotopic (exact) mass is 401 g/mol. The zero-order valence-electron chi connectivity index (χ0n) is 16.2. The van der Waals surface area contributed by atoms with E-state index in [2.05, 4.69) is 10.2 Å². The van der Waals surface area contributed by atoms with Crippen LogP contribution in [0.2, 0.25) is 0 Å². The largest absolute Gasteiger partial charge is 0.442 e. The SMILES string of the molecule is [C-]#[N+]C=C1CCN(c2ccc(N3C[C@H](CNC(=O)[C@H](C)N)OC3=O)cc2F)CC1. The first-order valence-electron chi connectivity index (χ1n) is 9.49. The maximum Gasteiger partial charge on any atom is 0.414 e. The van der Waals surface area contributed by atoms with E-state index in [9.17, 15) is 14.0 Å². The Morgan fingerprint density at radius 1 is 1.48 bits per heavy atom. The molecular weight excluding hydrogens is 377 g/mol. The summed E-state index contributed by atoms with van der Waals surface area (Å²) in [6.07, 6.45) is 1.91. The normalized spacial score (nSPS) is 20.1. The van der Waals surface area contributed by atoms with Crippen molar-refractivity contribution in [3.05, 3.63) is 47.2 Å². The number of piperidine rings is 1.